The number of nitrogens with zero attached hydrogens (tertiary/aromatic N) is 1. The number of aromatic nitrogens is 1. The average molecular weight is 505 g/mol. The van der Waals surface area contributed by atoms with E-state index >= 15 is 0 Å². The summed E-state index contributed by atoms with van der Waals surface area (Å²) in [5, 5.41) is 12.3. The highest BCUT2D eigenvalue weighted by molar-refractivity contribution is 9.25. The molecule has 0 spiro atoms. The molecule has 0 atom stereocenters. The van der Waals surface area contributed by atoms with Crippen molar-refractivity contribution in [2.45, 2.75) is 3.23 Å². The van der Waals surface area contributed by atoms with Crippen molar-refractivity contribution in [1.82, 2.24) is 4.98 Å². The predicted octanol–water partition coefficient (Wildman–Crippen LogP) is 5.36. The van der Waals surface area contributed by atoms with E-state index in [-0.39, 0.29) is 0 Å². The third kappa shape index (κ3) is 3.44. The lowest BCUT2D eigenvalue weighted by molar-refractivity contribution is -0.137. The Morgan fingerprint density at radius 1 is 1.17 bits per heavy atom. The lowest BCUT2D eigenvalue weighted by Crippen LogP contribution is -2.21. The number of halogens is 3. The number of benzene rings is 2. The molecule has 0 amide bonds. The zero-order chi connectivity index (χ0) is 16.6. The van der Waals surface area contributed by atoms with Crippen molar-refractivity contribution in [2.24, 2.45) is 0 Å². The smallest absolute Gasteiger partial charge is 0.336 e. The standard InChI is InChI=1S/C15H9Br3N2O3/c16-9-2-4-10(5-3-9)19-14-20-11-7-8(1-6-12(11)23-14)15(17,18)13(21)22/h1-7H,(H,19,20)(H,21,22). The first-order chi connectivity index (χ1) is 10.9. The molecule has 0 unspecified atom stereocenters. The van der Waals surface area contributed by atoms with Gasteiger partial charge in [-0.3, -0.25) is 0 Å². The van der Waals surface area contributed by atoms with Gasteiger partial charge in [0.05, 0.1) is 0 Å². The van der Waals surface area contributed by atoms with Gasteiger partial charge in [0.15, 0.2) is 5.58 Å². The third-order valence-electron chi connectivity index (χ3n) is 3.11. The molecule has 0 radical (unpaired) electrons. The van der Waals surface area contributed by atoms with Crippen molar-refractivity contribution in [3.8, 4) is 0 Å². The summed E-state index contributed by atoms with van der Waals surface area (Å²) < 4.78 is 5.24. The first-order valence-electron chi connectivity index (χ1n) is 6.41. The SMILES string of the molecule is O=C(O)C(Br)(Br)c1ccc2oc(Nc3ccc(Br)cc3)nc2c1. The maximum atomic E-state index is 11.3. The zero-order valence-electron chi connectivity index (χ0n) is 11.4. The summed E-state index contributed by atoms with van der Waals surface area (Å²) in [5.74, 6) is -1.05. The van der Waals surface area contributed by atoms with Gasteiger partial charge in [0.25, 0.3) is 6.01 Å². The summed E-state index contributed by atoms with van der Waals surface area (Å²) in [7, 11) is 0. The van der Waals surface area contributed by atoms with Gasteiger partial charge in [0, 0.05) is 10.2 Å². The Morgan fingerprint density at radius 2 is 1.87 bits per heavy atom. The van der Waals surface area contributed by atoms with Crippen LogP contribution < -0.4 is 5.32 Å². The number of carbonyl (C=O) groups is 1. The van der Waals surface area contributed by atoms with Crippen molar-refractivity contribution in [2.75, 3.05) is 5.32 Å². The first kappa shape index (κ1) is 16.5. The van der Waals surface area contributed by atoms with Crippen LogP contribution in [-0.4, -0.2) is 16.1 Å². The highest BCUT2D eigenvalue weighted by atomic mass is 79.9. The van der Waals surface area contributed by atoms with Gasteiger partial charge in [-0.15, -0.1) is 0 Å². The summed E-state index contributed by atoms with van der Waals surface area (Å²) >= 11 is 9.67. The number of anilines is 2. The van der Waals surface area contributed by atoms with E-state index in [9.17, 15) is 9.90 Å². The quantitative estimate of drug-likeness (QED) is 0.468. The largest absolute Gasteiger partial charge is 0.479 e. The lowest BCUT2D eigenvalue weighted by atomic mass is 10.1. The molecule has 8 heteroatoms. The van der Waals surface area contributed by atoms with Crippen LogP contribution in [0.25, 0.3) is 11.1 Å². The van der Waals surface area contributed by atoms with Gasteiger partial charge in [-0.05, 0) is 42.0 Å². The molecule has 118 valence electrons. The third-order valence-corrected chi connectivity index (χ3v) is 5.24. The molecule has 0 aliphatic heterocycles. The van der Waals surface area contributed by atoms with Gasteiger partial charge >= 0.3 is 5.97 Å². The molecular weight excluding hydrogens is 496 g/mol. The molecule has 0 fully saturated rings. The van der Waals surface area contributed by atoms with E-state index in [1.165, 1.54) is 0 Å². The number of hydrogen-bond acceptors (Lipinski definition) is 4. The number of alkyl halides is 2. The predicted molar refractivity (Wildman–Crippen MR) is 98.6 cm³/mol. The molecule has 2 aromatic carbocycles. The van der Waals surface area contributed by atoms with Crippen LogP contribution in [0.4, 0.5) is 11.7 Å². The van der Waals surface area contributed by atoms with E-state index in [1.54, 1.807) is 18.2 Å². The Labute approximate surface area is 156 Å². The second-order valence-electron chi connectivity index (χ2n) is 4.71. The Hall–Kier alpha value is -1.38. The highest BCUT2D eigenvalue weighted by Crippen LogP contribution is 2.39. The zero-order valence-corrected chi connectivity index (χ0v) is 16.1. The van der Waals surface area contributed by atoms with Crippen molar-refractivity contribution in [3.05, 3.63) is 52.5 Å². The maximum absolute atomic E-state index is 11.3. The summed E-state index contributed by atoms with van der Waals surface area (Å²) in [6, 6.07) is 12.9. The Bertz CT molecular complexity index is 875. The summed E-state index contributed by atoms with van der Waals surface area (Å²) in [5.41, 5.74) is 2.48. The van der Waals surface area contributed by atoms with Crippen LogP contribution in [-0.2, 0) is 8.03 Å². The number of oxazole rings is 1. The molecule has 23 heavy (non-hydrogen) atoms. The fourth-order valence-corrected chi connectivity index (χ4v) is 2.71. The number of aliphatic carboxylic acids is 1. The van der Waals surface area contributed by atoms with E-state index in [0.29, 0.717) is 22.7 Å². The van der Waals surface area contributed by atoms with Gasteiger partial charge in [-0.1, -0.05) is 53.9 Å². The van der Waals surface area contributed by atoms with Gasteiger partial charge in [-0.2, -0.15) is 4.98 Å². The van der Waals surface area contributed by atoms with Gasteiger partial charge in [0.1, 0.15) is 5.52 Å². The van der Waals surface area contributed by atoms with E-state index in [4.69, 9.17) is 4.42 Å². The monoisotopic (exact) mass is 502 g/mol. The minimum absolute atomic E-state index is 0.338. The second-order valence-corrected chi connectivity index (χ2v) is 9.07. The van der Waals surface area contributed by atoms with E-state index in [0.717, 1.165) is 10.2 Å². The van der Waals surface area contributed by atoms with E-state index in [2.05, 4.69) is 58.1 Å². The van der Waals surface area contributed by atoms with Crippen LogP contribution in [0.2, 0.25) is 0 Å². The number of fused-ring (bicyclic) bond motifs is 1. The highest BCUT2D eigenvalue weighted by Gasteiger charge is 2.34. The maximum Gasteiger partial charge on any atom is 0.336 e. The van der Waals surface area contributed by atoms with Crippen molar-refractivity contribution in [3.63, 3.8) is 0 Å². The molecule has 0 aliphatic carbocycles. The van der Waals surface area contributed by atoms with Crippen LogP contribution in [0.5, 0.6) is 0 Å². The summed E-state index contributed by atoms with van der Waals surface area (Å²) in [6.45, 7) is 0. The number of hydrogen-bond donors (Lipinski definition) is 2. The minimum atomic E-state index is -1.35. The molecule has 1 heterocycles. The van der Waals surface area contributed by atoms with Crippen LogP contribution in [0, 0.1) is 0 Å². The van der Waals surface area contributed by atoms with Crippen molar-refractivity contribution >= 4 is 76.6 Å². The number of carboxylic acids is 1. The molecule has 2 N–H and O–H groups in total. The van der Waals surface area contributed by atoms with Gasteiger partial charge in [-0.25, -0.2) is 4.79 Å². The normalized spacial score (nSPS) is 11.6. The molecule has 5 nitrogen and oxygen atoms in total. The molecular formula is C15H9Br3N2O3. The Balaban J connectivity index is 1.93. The van der Waals surface area contributed by atoms with E-state index in [1.807, 2.05) is 24.3 Å². The van der Waals surface area contributed by atoms with Crippen LogP contribution >= 0.6 is 47.8 Å². The molecule has 0 saturated carbocycles. The number of carboxylic acid groups (broad SMARTS) is 1. The number of rotatable bonds is 4. The minimum Gasteiger partial charge on any atom is -0.479 e. The fourth-order valence-electron chi connectivity index (χ4n) is 1.96. The molecule has 3 aromatic rings. The van der Waals surface area contributed by atoms with Crippen LogP contribution in [0.1, 0.15) is 5.56 Å². The Morgan fingerprint density at radius 3 is 2.52 bits per heavy atom. The topological polar surface area (TPSA) is 75.4 Å². The molecule has 0 saturated heterocycles. The second kappa shape index (κ2) is 6.26. The fraction of sp³-hybridized carbons (Fsp3) is 0.0667. The summed E-state index contributed by atoms with van der Waals surface area (Å²) in [4.78, 5) is 15.6. The first-order valence-corrected chi connectivity index (χ1v) is 8.79. The van der Waals surface area contributed by atoms with Crippen LogP contribution in [0.15, 0.2) is 51.4 Å². The molecule has 1 aromatic heterocycles. The van der Waals surface area contributed by atoms with Crippen LogP contribution in [0.3, 0.4) is 0 Å². The molecule has 0 bridgehead atoms. The van der Waals surface area contributed by atoms with Crippen molar-refractivity contribution in [1.29, 1.82) is 0 Å². The molecule has 3 rings (SSSR count). The van der Waals surface area contributed by atoms with Gasteiger partial charge < -0.3 is 14.8 Å². The van der Waals surface area contributed by atoms with E-state index < -0.39 is 9.20 Å². The summed E-state index contributed by atoms with van der Waals surface area (Å²) in [6.07, 6.45) is 0. The van der Waals surface area contributed by atoms with Crippen molar-refractivity contribution < 1.29 is 14.3 Å². The number of nitrogens with one attached hydrogen (secondary N) is 1. The van der Waals surface area contributed by atoms with Gasteiger partial charge in [0.2, 0.25) is 3.23 Å². The average Bonchev–Trinajstić information content (AvgIpc) is 2.90. The molecule has 0 aliphatic rings. The lowest BCUT2D eigenvalue weighted by Gasteiger charge is -2.14. The Kier molecular flexibility index (Phi) is 4.48.